The first kappa shape index (κ1) is 24.2. The first-order chi connectivity index (χ1) is 17.7. The van der Waals surface area contributed by atoms with Gasteiger partial charge < -0.3 is 10.6 Å². The molecule has 0 radical (unpaired) electrons. The molecule has 0 aliphatic carbocycles. The molecule has 8 nitrogen and oxygen atoms in total. The average Bonchev–Trinajstić information content (AvgIpc) is 3.23. The maximum atomic E-state index is 13.0. The number of nitrogens with zero attached hydrogens (tertiary/aromatic N) is 5. The number of fused-ring (bicyclic) bond motifs is 1. The van der Waals surface area contributed by atoms with Crippen LogP contribution in [0.3, 0.4) is 0 Å². The Morgan fingerprint density at radius 1 is 0.973 bits per heavy atom. The second kappa shape index (κ2) is 9.51. The van der Waals surface area contributed by atoms with Gasteiger partial charge in [0.15, 0.2) is 11.3 Å². The average molecular weight is 524 g/mol. The lowest BCUT2D eigenvalue weighted by atomic mass is 10.1. The molecule has 37 heavy (non-hydrogen) atoms. The lowest BCUT2D eigenvalue weighted by Crippen LogP contribution is -2.14. The van der Waals surface area contributed by atoms with Gasteiger partial charge in [0, 0.05) is 35.5 Å². The third-order valence-electron chi connectivity index (χ3n) is 5.46. The Hall–Kier alpha value is -4.51. The second-order valence-electron chi connectivity index (χ2n) is 8.00. The van der Waals surface area contributed by atoms with Crippen LogP contribution in [0.1, 0.15) is 21.5 Å². The lowest BCUT2D eigenvalue weighted by Gasteiger charge is -2.14. The number of pyridine rings is 1. The summed E-state index contributed by atoms with van der Waals surface area (Å²) >= 11 is 6.10. The summed E-state index contributed by atoms with van der Waals surface area (Å²) in [6.45, 7) is 1.85. The molecule has 3 heterocycles. The fourth-order valence-electron chi connectivity index (χ4n) is 3.67. The van der Waals surface area contributed by atoms with Crippen molar-refractivity contribution in [3.63, 3.8) is 0 Å². The van der Waals surface area contributed by atoms with E-state index >= 15 is 0 Å². The summed E-state index contributed by atoms with van der Waals surface area (Å²) in [6, 6.07) is 12.7. The van der Waals surface area contributed by atoms with Crippen LogP contribution < -0.4 is 10.6 Å². The van der Waals surface area contributed by atoms with Crippen LogP contribution in [0.25, 0.3) is 17.0 Å². The van der Waals surface area contributed by atoms with Crippen LogP contribution in [0.2, 0.25) is 5.15 Å². The maximum absolute atomic E-state index is 13.0. The van der Waals surface area contributed by atoms with Crippen molar-refractivity contribution in [3.05, 3.63) is 95.0 Å². The maximum Gasteiger partial charge on any atom is 0.416 e. The normalized spacial score (nSPS) is 11.5. The van der Waals surface area contributed by atoms with Crippen LogP contribution in [-0.4, -0.2) is 30.4 Å². The van der Waals surface area contributed by atoms with E-state index < -0.39 is 17.6 Å². The zero-order valence-corrected chi connectivity index (χ0v) is 19.8. The number of nitrogens with one attached hydrogen (secondary N) is 2. The third-order valence-corrected chi connectivity index (χ3v) is 5.66. The lowest BCUT2D eigenvalue weighted by molar-refractivity contribution is -0.137. The third kappa shape index (κ3) is 5.07. The monoisotopic (exact) mass is 523 g/mol. The molecule has 186 valence electrons. The fourth-order valence-corrected chi connectivity index (χ4v) is 3.83. The van der Waals surface area contributed by atoms with Gasteiger partial charge in [0.05, 0.1) is 11.3 Å². The number of aryl methyl sites for hydroxylation is 1. The molecule has 0 fully saturated rings. The largest absolute Gasteiger partial charge is 0.416 e. The topological polar surface area (TPSA) is 97.6 Å². The predicted molar refractivity (Wildman–Crippen MR) is 133 cm³/mol. The fraction of sp³-hybridized carbons (Fsp3) is 0.0800. The van der Waals surface area contributed by atoms with Gasteiger partial charge in [-0.15, -0.1) is 0 Å². The number of hydrogen-bond acceptors (Lipinski definition) is 6. The highest BCUT2D eigenvalue weighted by Gasteiger charge is 2.31. The van der Waals surface area contributed by atoms with Crippen LogP contribution >= 0.6 is 11.6 Å². The predicted octanol–water partition coefficient (Wildman–Crippen LogP) is 6.19. The van der Waals surface area contributed by atoms with E-state index in [2.05, 4.69) is 30.6 Å². The van der Waals surface area contributed by atoms with Crippen molar-refractivity contribution >= 4 is 46.1 Å². The molecule has 5 aromatic rings. The summed E-state index contributed by atoms with van der Waals surface area (Å²) < 4.78 is 40.9. The quantitative estimate of drug-likeness (QED) is 0.267. The summed E-state index contributed by atoms with van der Waals surface area (Å²) in [6.07, 6.45) is 0.0741. The van der Waals surface area contributed by atoms with E-state index in [0.717, 1.165) is 17.7 Å². The van der Waals surface area contributed by atoms with Gasteiger partial charge in [-0.25, -0.2) is 15.0 Å². The van der Waals surface area contributed by atoms with E-state index in [9.17, 15) is 18.0 Å². The SMILES string of the molecule is Cc1ccc(NC(=O)c2cccc(C(F)(F)F)c2)cc1Nc1nc2nccnc2n1-c1ccnc(Cl)c1. The van der Waals surface area contributed by atoms with Gasteiger partial charge in [0.2, 0.25) is 5.95 Å². The number of anilines is 3. The van der Waals surface area contributed by atoms with Gasteiger partial charge in [0.1, 0.15) is 5.15 Å². The Kier molecular flexibility index (Phi) is 6.22. The zero-order valence-electron chi connectivity index (χ0n) is 19.1. The molecule has 2 N–H and O–H groups in total. The number of aromatic nitrogens is 5. The standard InChI is InChI=1S/C25H17ClF3N7O/c1-14-5-6-17(33-23(37)15-3-2-4-16(11-15)25(27,28)29)12-19(14)34-24-35-21-22(32-10-9-31-21)36(24)18-7-8-30-20(26)13-18/h2-13H,1H3,(H,33,37)(H,31,34,35). The Bertz CT molecular complexity index is 1630. The smallest absolute Gasteiger partial charge is 0.325 e. The van der Waals surface area contributed by atoms with Crippen molar-refractivity contribution in [1.82, 2.24) is 24.5 Å². The summed E-state index contributed by atoms with van der Waals surface area (Å²) in [4.78, 5) is 29.9. The molecule has 0 bridgehead atoms. The van der Waals surface area contributed by atoms with Crippen LogP contribution in [-0.2, 0) is 6.18 Å². The van der Waals surface area contributed by atoms with Crippen molar-refractivity contribution in [2.75, 3.05) is 10.6 Å². The first-order valence-electron chi connectivity index (χ1n) is 10.9. The number of amides is 1. The Morgan fingerprint density at radius 2 is 1.78 bits per heavy atom. The van der Waals surface area contributed by atoms with E-state index in [1.807, 2.05) is 6.92 Å². The number of carbonyl (C=O) groups excluding carboxylic acids is 1. The molecule has 0 spiro atoms. The van der Waals surface area contributed by atoms with E-state index in [1.165, 1.54) is 18.3 Å². The van der Waals surface area contributed by atoms with Crippen molar-refractivity contribution < 1.29 is 18.0 Å². The van der Waals surface area contributed by atoms with E-state index in [-0.39, 0.29) is 10.7 Å². The molecule has 0 saturated carbocycles. The first-order valence-corrected chi connectivity index (χ1v) is 11.2. The molecule has 3 aromatic heterocycles. The molecule has 0 aliphatic rings. The van der Waals surface area contributed by atoms with Gasteiger partial charge in [-0.2, -0.15) is 18.2 Å². The minimum Gasteiger partial charge on any atom is -0.325 e. The van der Waals surface area contributed by atoms with Crippen molar-refractivity contribution in [2.24, 2.45) is 0 Å². The number of alkyl halides is 3. The number of carbonyl (C=O) groups is 1. The second-order valence-corrected chi connectivity index (χ2v) is 8.39. The highest BCUT2D eigenvalue weighted by atomic mass is 35.5. The molecule has 2 aromatic carbocycles. The minimum absolute atomic E-state index is 0.113. The molecule has 1 amide bonds. The molecular formula is C25H17ClF3N7O. The van der Waals surface area contributed by atoms with Gasteiger partial charge in [-0.1, -0.05) is 23.7 Å². The molecule has 12 heteroatoms. The molecule has 0 atom stereocenters. The number of hydrogen-bond donors (Lipinski definition) is 2. The molecule has 0 saturated heterocycles. The highest BCUT2D eigenvalue weighted by molar-refractivity contribution is 6.29. The minimum atomic E-state index is -4.55. The molecular weight excluding hydrogens is 507 g/mol. The van der Waals surface area contributed by atoms with Crippen molar-refractivity contribution in [1.29, 1.82) is 0 Å². The van der Waals surface area contributed by atoms with Gasteiger partial charge in [-0.3, -0.25) is 9.36 Å². The summed E-state index contributed by atoms with van der Waals surface area (Å²) in [5.74, 6) is -0.291. The van der Waals surface area contributed by atoms with Gasteiger partial charge >= 0.3 is 6.18 Å². The van der Waals surface area contributed by atoms with Crippen LogP contribution in [0, 0.1) is 6.92 Å². The Labute approximate surface area is 213 Å². The summed E-state index contributed by atoms with van der Waals surface area (Å²) in [7, 11) is 0. The summed E-state index contributed by atoms with van der Waals surface area (Å²) in [5, 5.41) is 6.17. The Balaban J connectivity index is 1.47. The number of benzene rings is 2. The van der Waals surface area contributed by atoms with Gasteiger partial charge in [0.25, 0.3) is 5.91 Å². The van der Waals surface area contributed by atoms with Gasteiger partial charge in [-0.05, 0) is 55.0 Å². The number of imidazole rings is 1. The van der Waals surface area contributed by atoms with Crippen molar-refractivity contribution in [2.45, 2.75) is 13.1 Å². The van der Waals surface area contributed by atoms with E-state index in [1.54, 1.807) is 47.3 Å². The summed E-state index contributed by atoms with van der Waals surface area (Å²) in [5.41, 5.74) is 2.31. The van der Waals surface area contributed by atoms with E-state index in [4.69, 9.17) is 11.6 Å². The number of rotatable bonds is 5. The van der Waals surface area contributed by atoms with Crippen molar-refractivity contribution in [3.8, 4) is 5.69 Å². The molecule has 0 unspecified atom stereocenters. The highest BCUT2D eigenvalue weighted by Crippen LogP contribution is 2.31. The van der Waals surface area contributed by atoms with Crippen LogP contribution in [0.4, 0.5) is 30.5 Å². The van der Waals surface area contributed by atoms with E-state index in [0.29, 0.717) is 34.3 Å². The zero-order chi connectivity index (χ0) is 26.2. The Morgan fingerprint density at radius 3 is 2.57 bits per heavy atom. The van der Waals surface area contributed by atoms with Crippen LogP contribution in [0.15, 0.2) is 73.2 Å². The molecule has 5 rings (SSSR count). The van der Waals surface area contributed by atoms with Crippen LogP contribution in [0.5, 0.6) is 0 Å². The molecule has 0 aliphatic heterocycles. The number of halogens is 4.